The van der Waals surface area contributed by atoms with Gasteiger partial charge in [0.25, 0.3) is 0 Å². The van der Waals surface area contributed by atoms with Crippen LogP contribution >= 0.6 is 27.5 Å². The molecule has 0 unspecified atom stereocenters. The molecule has 0 fully saturated rings. The fourth-order valence-electron chi connectivity index (χ4n) is 1.77. The van der Waals surface area contributed by atoms with E-state index in [9.17, 15) is 0 Å². The Kier molecular flexibility index (Phi) is 4.56. The molecule has 0 radical (unpaired) electrons. The van der Waals surface area contributed by atoms with Crippen LogP contribution < -0.4 is 15.8 Å². The first-order valence-corrected chi connectivity index (χ1v) is 6.89. The molecule has 19 heavy (non-hydrogen) atoms. The number of hydrogen-bond donors (Lipinski definition) is 2. The van der Waals surface area contributed by atoms with E-state index in [0.717, 1.165) is 21.5 Å². The number of ether oxygens (including phenoxy) is 1. The van der Waals surface area contributed by atoms with Crippen molar-refractivity contribution in [2.24, 2.45) is 0 Å². The molecule has 0 heterocycles. The van der Waals surface area contributed by atoms with Crippen LogP contribution in [0, 0.1) is 0 Å². The summed E-state index contributed by atoms with van der Waals surface area (Å²) in [6.45, 7) is 0.545. The molecule has 5 heteroatoms. The van der Waals surface area contributed by atoms with Crippen LogP contribution in [-0.4, -0.2) is 7.11 Å². The van der Waals surface area contributed by atoms with Crippen LogP contribution in [-0.2, 0) is 6.54 Å². The minimum absolute atomic E-state index is 0.545. The third-order valence-electron chi connectivity index (χ3n) is 2.77. The summed E-state index contributed by atoms with van der Waals surface area (Å²) < 4.78 is 6.27. The fraction of sp³-hybridized carbons (Fsp3) is 0.143. The van der Waals surface area contributed by atoms with Crippen molar-refractivity contribution in [3.05, 3.63) is 51.5 Å². The van der Waals surface area contributed by atoms with Crippen molar-refractivity contribution in [3.63, 3.8) is 0 Å². The number of hydrogen-bond acceptors (Lipinski definition) is 3. The predicted octanol–water partition coefficient (Wildman–Crippen LogP) is 4.31. The second-order valence-corrected chi connectivity index (χ2v) is 5.33. The molecule has 0 aliphatic heterocycles. The van der Waals surface area contributed by atoms with Gasteiger partial charge in [-0.25, -0.2) is 0 Å². The quantitative estimate of drug-likeness (QED) is 0.815. The third-order valence-corrected chi connectivity index (χ3v) is 3.61. The van der Waals surface area contributed by atoms with Crippen molar-refractivity contribution in [1.82, 2.24) is 0 Å². The van der Waals surface area contributed by atoms with Crippen molar-refractivity contribution < 1.29 is 4.74 Å². The van der Waals surface area contributed by atoms with Gasteiger partial charge in [-0.3, -0.25) is 0 Å². The molecule has 2 aromatic carbocycles. The van der Waals surface area contributed by atoms with Crippen molar-refractivity contribution in [3.8, 4) is 5.75 Å². The number of anilines is 2. The summed E-state index contributed by atoms with van der Waals surface area (Å²) in [4.78, 5) is 0. The zero-order valence-electron chi connectivity index (χ0n) is 10.4. The van der Waals surface area contributed by atoms with E-state index in [0.29, 0.717) is 17.3 Å². The zero-order chi connectivity index (χ0) is 13.8. The smallest absolute Gasteiger partial charge is 0.125 e. The first kappa shape index (κ1) is 14.0. The molecule has 2 rings (SSSR count). The van der Waals surface area contributed by atoms with Gasteiger partial charge in [-0.1, -0.05) is 33.6 Å². The third kappa shape index (κ3) is 3.33. The van der Waals surface area contributed by atoms with Crippen molar-refractivity contribution >= 4 is 38.9 Å². The van der Waals surface area contributed by atoms with E-state index in [4.69, 9.17) is 22.1 Å². The van der Waals surface area contributed by atoms with E-state index in [-0.39, 0.29) is 0 Å². The number of methoxy groups -OCH3 is 1. The highest BCUT2D eigenvalue weighted by Crippen LogP contribution is 2.29. The first-order valence-electron chi connectivity index (χ1n) is 5.72. The highest BCUT2D eigenvalue weighted by molar-refractivity contribution is 9.10. The molecule has 3 N–H and O–H groups in total. The maximum atomic E-state index is 6.18. The Morgan fingerprint density at radius 3 is 2.84 bits per heavy atom. The molecule has 2 aromatic rings. The lowest BCUT2D eigenvalue weighted by molar-refractivity contribution is 0.410. The minimum atomic E-state index is 0.545. The Labute approximate surface area is 125 Å². The van der Waals surface area contributed by atoms with Crippen LogP contribution in [0.1, 0.15) is 5.56 Å². The summed E-state index contributed by atoms with van der Waals surface area (Å²) in [6, 6.07) is 11.3. The number of nitrogens with two attached hydrogens (primary N) is 1. The van der Waals surface area contributed by atoms with Gasteiger partial charge in [0.1, 0.15) is 5.75 Å². The molecule has 0 atom stereocenters. The molecule has 3 nitrogen and oxygen atoms in total. The lowest BCUT2D eigenvalue weighted by Crippen LogP contribution is -2.04. The average molecular weight is 342 g/mol. The Morgan fingerprint density at radius 2 is 2.11 bits per heavy atom. The second kappa shape index (κ2) is 6.17. The molecular weight excluding hydrogens is 328 g/mol. The van der Waals surface area contributed by atoms with Gasteiger partial charge in [-0.15, -0.1) is 0 Å². The van der Waals surface area contributed by atoms with Crippen LogP contribution in [0.3, 0.4) is 0 Å². The lowest BCUT2D eigenvalue weighted by Gasteiger charge is -2.13. The summed E-state index contributed by atoms with van der Waals surface area (Å²) >= 11 is 9.60. The van der Waals surface area contributed by atoms with Crippen LogP contribution in [0.25, 0.3) is 0 Å². The van der Waals surface area contributed by atoms with Gasteiger partial charge in [-0.05, 0) is 30.3 Å². The molecule has 0 saturated carbocycles. The Hall–Kier alpha value is -1.39. The molecule has 0 aromatic heterocycles. The molecule has 0 aliphatic carbocycles. The highest BCUT2D eigenvalue weighted by atomic mass is 79.9. The minimum Gasteiger partial charge on any atom is -0.496 e. The largest absolute Gasteiger partial charge is 0.496 e. The summed E-state index contributed by atoms with van der Waals surface area (Å²) in [5.41, 5.74) is 8.37. The van der Waals surface area contributed by atoms with Crippen molar-refractivity contribution in [2.75, 3.05) is 18.2 Å². The number of rotatable bonds is 4. The SMILES string of the molecule is COc1cccc(Cl)c1CNc1cc(Br)ccc1N. The summed E-state index contributed by atoms with van der Waals surface area (Å²) in [7, 11) is 1.63. The van der Waals surface area contributed by atoms with E-state index in [1.54, 1.807) is 7.11 Å². The second-order valence-electron chi connectivity index (χ2n) is 4.01. The molecule has 0 spiro atoms. The van der Waals surface area contributed by atoms with E-state index in [1.165, 1.54) is 0 Å². The molecule has 0 saturated heterocycles. The molecule has 0 aliphatic rings. The molecule has 0 bridgehead atoms. The maximum absolute atomic E-state index is 6.18. The first-order chi connectivity index (χ1) is 9.11. The summed E-state index contributed by atoms with van der Waals surface area (Å²) in [6.07, 6.45) is 0. The van der Waals surface area contributed by atoms with Crippen molar-refractivity contribution in [1.29, 1.82) is 0 Å². The van der Waals surface area contributed by atoms with Gasteiger partial charge in [0.05, 0.1) is 18.5 Å². The van der Waals surface area contributed by atoms with Gasteiger partial charge < -0.3 is 15.8 Å². The molecule has 100 valence electrons. The van der Waals surface area contributed by atoms with Gasteiger partial charge in [0.15, 0.2) is 0 Å². The van der Waals surface area contributed by atoms with E-state index in [2.05, 4.69) is 21.2 Å². The summed E-state index contributed by atoms with van der Waals surface area (Å²) in [5.74, 6) is 0.758. The van der Waals surface area contributed by atoms with Gasteiger partial charge in [-0.2, -0.15) is 0 Å². The molecular formula is C14H14BrClN2O. The molecule has 0 amide bonds. The van der Waals surface area contributed by atoms with Crippen molar-refractivity contribution in [2.45, 2.75) is 6.54 Å². The van der Waals surface area contributed by atoms with Crippen LogP contribution in [0.15, 0.2) is 40.9 Å². The summed E-state index contributed by atoms with van der Waals surface area (Å²) in [5, 5.41) is 3.93. The zero-order valence-corrected chi connectivity index (χ0v) is 12.8. The maximum Gasteiger partial charge on any atom is 0.125 e. The number of benzene rings is 2. The lowest BCUT2D eigenvalue weighted by atomic mass is 10.2. The van der Waals surface area contributed by atoms with Gasteiger partial charge in [0, 0.05) is 21.6 Å². The monoisotopic (exact) mass is 340 g/mol. The average Bonchev–Trinajstić information content (AvgIpc) is 2.40. The van der Waals surface area contributed by atoms with E-state index >= 15 is 0 Å². The van der Waals surface area contributed by atoms with Crippen LogP contribution in [0.5, 0.6) is 5.75 Å². The van der Waals surface area contributed by atoms with E-state index in [1.807, 2.05) is 36.4 Å². The number of nitrogen functional groups attached to an aromatic ring is 1. The standard InChI is InChI=1S/C14H14BrClN2O/c1-19-14-4-2-3-11(16)10(14)8-18-13-7-9(15)5-6-12(13)17/h2-7,18H,8,17H2,1H3. The topological polar surface area (TPSA) is 47.3 Å². The van der Waals surface area contributed by atoms with E-state index < -0.39 is 0 Å². The van der Waals surface area contributed by atoms with Gasteiger partial charge >= 0.3 is 0 Å². The van der Waals surface area contributed by atoms with Crippen LogP contribution in [0.2, 0.25) is 5.02 Å². The Morgan fingerprint density at radius 1 is 1.32 bits per heavy atom. The van der Waals surface area contributed by atoms with Gasteiger partial charge in [0.2, 0.25) is 0 Å². The number of nitrogens with one attached hydrogen (secondary N) is 1. The number of halogens is 2. The Balaban J connectivity index is 2.21. The predicted molar refractivity (Wildman–Crippen MR) is 83.9 cm³/mol. The fourth-order valence-corrected chi connectivity index (χ4v) is 2.36. The van der Waals surface area contributed by atoms with Crippen LogP contribution in [0.4, 0.5) is 11.4 Å². The normalized spacial score (nSPS) is 10.3. The Bertz CT molecular complexity index is 590. The highest BCUT2D eigenvalue weighted by Gasteiger charge is 2.08.